The molecule has 0 aliphatic rings. The Bertz CT molecular complexity index is 395. The molecule has 0 fully saturated rings. The number of methoxy groups -OCH3 is 1. The first-order valence-corrected chi connectivity index (χ1v) is 5.60. The lowest BCUT2D eigenvalue weighted by Crippen LogP contribution is -2.42. The Hall–Kier alpha value is -1.42. The summed E-state index contributed by atoms with van der Waals surface area (Å²) in [6, 6.07) is 6.46. The highest BCUT2D eigenvalue weighted by Crippen LogP contribution is 2.27. The van der Waals surface area contributed by atoms with E-state index in [1.807, 2.05) is 6.92 Å². The van der Waals surface area contributed by atoms with E-state index in [1.54, 1.807) is 25.1 Å². The molecule has 0 amide bonds. The van der Waals surface area contributed by atoms with Crippen molar-refractivity contribution in [3.05, 3.63) is 35.6 Å². The summed E-state index contributed by atoms with van der Waals surface area (Å²) in [5, 5.41) is 3.14. The zero-order valence-electron chi connectivity index (χ0n) is 10.4. The van der Waals surface area contributed by atoms with Crippen LogP contribution in [0.15, 0.2) is 24.3 Å². The van der Waals surface area contributed by atoms with Gasteiger partial charge >= 0.3 is 5.97 Å². The van der Waals surface area contributed by atoms with E-state index in [-0.39, 0.29) is 18.2 Å². The van der Waals surface area contributed by atoms with Gasteiger partial charge in [-0.1, -0.05) is 25.1 Å². The molecule has 0 aromatic heterocycles. The highest BCUT2D eigenvalue weighted by molar-refractivity contribution is 5.71. The molecular weight excluding hydrogens is 221 g/mol. The molecule has 1 rings (SSSR count). The van der Waals surface area contributed by atoms with Crippen LogP contribution in [0, 0.1) is 5.82 Å². The van der Waals surface area contributed by atoms with Gasteiger partial charge in [-0.3, -0.25) is 4.79 Å². The summed E-state index contributed by atoms with van der Waals surface area (Å²) >= 11 is 0. The summed E-state index contributed by atoms with van der Waals surface area (Å²) in [4.78, 5) is 11.4. The van der Waals surface area contributed by atoms with Crippen molar-refractivity contribution in [2.24, 2.45) is 0 Å². The summed E-state index contributed by atoms with van der Waals surface area (Å²) in [7, 11) is 1.33. The summed E-state index contributed by atoms with van der Waals surface area (Å²) < 4.78 is 18.4. The first-order valence-electron chi connectivity index (χ1n) is 5.60. The SMILES string of the molecule is CCNC(C)(CC(=O)OC)c1ccccc1F. The molecule has 1 unspecified atom stereocenters. The predicted octanol–water partition coefficient (Wildman–Crippen LogP) is 2.21. The van der Waals surface area contributed by atoms with Gasteiger partial charge in [0.2, 0.25) is 0 Å². The Kier molecular flexibility index (Phi) is 4.63. The van der Waals surface area contributed by atoms with E-state index in [9.17, 15) is 9.18 Å². The van der Waals surface area contributed by atoms with Gasteiger partial charge in [0.15, 0.2) is 0 Å². The van der Waals surface area contributed by atoms with Crippen molar-refractivity contribution in [3.63, 3.8) is 0 Å². The van der Waals surface area contributed by atoms with Crippen LogP contribution in [-0.4, -0.2) is 19.6 Å². The highest BCUT2D eigenvalue weighted by Gasteiger charge is 2.31. The van der Waals surface area contributed by atoms with Crippen molar-refractivity contribution >= 4 is 5.97 Å². The minimum absolute atomic E-state index is 0.0955. The van der Waals surface area contributed by atoms with Crippen molar-refractivity contribution in [1.29, 1.82) is 0 Å². The Morgan fingerprint density at radius 1 is 1.47 bits per heavy atom. The van der Waals surface area contributed by atoms with Crippen LogP contribution in [-0.2, 0) is 15.1 Å². The average Bonchev–Trinajstić information content (AvgIpc) is 2.29. The predicted molar refractivity (Wildman–Crippen MR) is 64.1 cm³/mol. The Morgan fingerprint density at radius 3 is 2.65 bits per heavy atom. The first-order chi connectivity index (χ1) is 8.03. The normalized spacial score (nSPS) is 14.1. The largest absolute Gasteiger partial charge is 0.469 e. The molecule has 0 aliphatic carbocycles. The number of ether oxygens (including phenoxy) is 1. The van der Waals surface area contributed by atoms with Gasteiger partial charge in [-0.25, -0.2) is 4.39 Å². The van der Waals surface area contributed by atoms with E-state index >= 15 is 0 Å². The van der Waals surface area contributed by atoms with Crippen molar-refractivity contribution in [2.45, 2.75) is 25.8 Å². The van der Waals surface area contributed by atoms with Crippen LogP contribution in [0.2, 0.25) is 0 Å². The molecule has 17 heavy (non-hydrogen) atoms. The van der Waals surface area contributed by atoms with Gasteiger partial charge in [-0.05, 0) is 19.5 Å². The average molecular weight is 239 g/mol. The van der Waals surface area contributed by atoms with Crippen LogP contribution in [0.4, 0.5) is 4.39 Å². The number of esters is 1. The molecule has 0 aliphatic heterocycles. The van der Waals surface area contributed by atoms with Crippen LogP contribution >= 0.6 is 0 Å². The maximum absolute atomic E-state index is 13.8. The highest BCUT2D eigenvalue weighted by atomic mass is 19.1. The molecule has 0 spiro atoms. The number of rotatable bonds is 5. The summed E-state index contributed by atoms with van der Waals surface area (Å²) in [5.41, 5.74) is -0.264. The van der Waals surface area contributed by atoms with Crippen molar-refractivity contribution in [3.8, 4) is 0 Å². The number of hydrogen-bond acceptors (Lipinski definition) is 3. The van der Waals surface area contributed by atoms with Gasteiger partial charge in [0, 0.05) is 5.56 Å². The van der Waals surface area contributed by atoms with Crippen LogP contribution < -0.4 is 5.32 Å². The Labute approximate surface area is 101 Å². The smallest absolute Gasteiger partial charge is 0.307 e. The molecule has 0 bridgehead atoms. The number of hydrogen-bond donors (Lipinski definition) is 1. The zero-order valence-corrected chi connectivity index (χ0v) is 10.4. The van der Waals surface area contributed by atoms with E-state index in [2.05, 4.69) is 10.1 Å². The van der Waals surface area contributed by atoms with E-state index < -0.39 is 5.54 Å². The van der Waals surface area contributed by atoms with Gasteiger partial charge < -0.3 is 10.1 Å². The lowest BCUT2D eigenvalue weighted by molar-refractivity contribution is -0.142. The number of benzene rings is 1. The lowest BCUT2D eigenvalue weighted by Gasteiger charge is -2.30. The molecule has 0 saturated carbocycles. The number of halogens is 1. The summed E-state index contributed by atoms with van der Waals surface area (Å²) in [6.45, 7) is 4.35. The van der Waals surface area contributed by atoms with Crippen LogP contribution in [0.1, 0.15) is 25.8 Å². The molecule has 1 atom stereocenters. The molecule has 1 aromatic carbocycles. The second-order valence-corrected chi connectivity index (χ2v) is 4.10. The maximum Gasteiger partial charge on any atom is 0.307 e. The third-order valence-corrected chi connectivity index (χ3v) is 2.76. The van der Waals surface area contributed by atoms with Gasteiger partial charge in [-0.2, -0.15) is 0 Å². The molecule has 4 heteroatoms. The first kappa shape index (κ1) is 13.6. The van der Waals surface area contributed by atoms with Crippen LogP contribution in [0.5, 0.6) is 0 Å². The lowest BCUT2D eigenvalue weighted by atomic mass is 9.88. The topological polar surface area (TPSA) is 38.3 Å². The molecule has 1 N–H and O–H groups in total. The van der Waals surface area contributed by atoms with Crippen molar-refractivity contribution in [1.82, 2.24) is 5.32 Å². The van der Waals surface area contributed by atoms with Gasteiger partial charge in [-0.15, -0.1) is 0 Å². The molecule has 3 nitrogen and oxygen atoms in total. The van der Waals surface area contributed by atoms with Gasteiger partial charge in [0.1, 0.15) is 5.82 Å². The fraction of sp³-hybridized carbons (Fsp3) is 0.462. The summed E-state index contributed by atoms with van der Waals surface area (Å²) in [5.74, 6) is -0.684. The number of nitrogens with one attached hydrogen (secondary N) is 1. The summed E-state index contributed by atoms with van der Waals surface area (Å²) in [6.07, 6.45) is 0.0955. The second kappa shape index (κ2) is 5.77. The fourth-order valence-electron chi connectivity index (χ4n) is 1.91. The standard InChI is InChI=1S/C13H18FNO2/c1-4-15-13(2,9-12(16)17-3)10-7-5-6-8-11(10)14/h5-8,15H,4,9H2,1-3H3. The maximum atomic E-state index is 13.8. The zero-order chi connectivity index (χ0) is 12.9. The van der Waals surface area contributed by atoms with Gasteiger partial charge in [0.25, 0.3) is 0 Å². The molecule has 0 radical (unpaired) electrons. The van der Waals surface area contributed by atoms with E-state index in [0.29, 0.717) is 12.1 Å². The number of carbonyl (C=O) groups is 1. The minimum atomic E-state index is -0.743. The van der Waals surface area contributed by atoms with Crippen molar-refractivity contribution in [2.75, 3.05) is 13.7 Å². The second-order valence-electron chi connectivity index (χ2n) is 4.10. The van der Waals surface area contributed by atoms with Crippen LogP contribution in [0.25, 0.3) is 0 Å². The van der Waals surface area contributed by atoms with E-state index in [0.717, 1.165) is 0 Å². The quantitative estimate of drug-likeness (QED) is 0.801. The third-order valence-electron chi connectivity index (χ3n) is 2.76. The van der Waals surface area contributed by atoms with Crippen molar-refractivity contribution < 1.29 is 13.9 Å². The monoisotopic (exact) mass is 239 g/mol. The molecule has 94 valence electrons. The molecule has 1 aromatic rings. The number of carbonyl (C=O) groups excluding carboxylic acids is 1. The molecule has 0 heterocycles. The van der Waals surface area contributed by atoms with Gasteiger partial charge in [0.05, 0.1) is 19.1 Å². The molecule has 0 saturated heterocycles. The third kappa shape index (κ3) is 3.27. The van der Waals surface area contributed by atoms with E-state index in [4.69, 9.17) is 0 Å². The molecular formula is C13H18FNO2. The Balaban J connectivity index is 3.06. The minimum Gasteiger partial charge on any atom is -0.469 e. The fourth-order valence-corrected chi connectivity index (χ4v) is 1.91. The van der Waals surface area contributed by atoms with Crippen LogP contribution in [0.3, 0.4) is 0 Å². The van der Waals surface area contributed by atoms with E-state index in [1.165, 1.54) is 13.2 Å². The Morgan fingerprint density at radius 2 is 2.12 bits per heavy atom.